The minimum atomic E-state index is -0.774. The van der Waals surface area contributed by atoms with E-state index in [9.17, 15) is 4.79 Å². The van der Waals surface area contributed by atoms with Gasteiger partial charge < -0.3 is 15.3 Å². The molecule has 80 valence electrons. The van der Waals surface area contributed by atoms with Gasteiger partial charge >= 0.3 is 6.09 Å². The number of likely N-dealkylation sites (tertiary alicyclic amines) is 1. The van der Waals surface area contributed by atoms with Crippen LogP contribution in [0.4, 0.5) is 4.79 Å². The van der Waals surface area contributed by atoms with E-state index < -0.39 is 6.09 Å². The van der Waals surface area contributed by atoms with E-state index >= 15 is 0 Å². The highest BCUT2D eigenvalue weighted by molar-refractivity contribution is 7.98. The maximum Gasteiger partial charge on any atom is 0.407 e. The molecular weight excluding hydrogens is 200 g/mol. The van der Waals surface area contributed by atoms with Crippen molar-refractivity contribution in [2.75, 3.05) is 25.1 Å². The van der Waals surface area contributed by atoms with Crippen molar-refractivity contribution < 1.29 is 9.90 Å². The van der Waals surface area contributed by atoms with Gasteiger partial charge in [-0.1, -0.05) is 0 Å². The molecule has 14 heavy (non-hydrogen) atoms. The zero-order valence-corrected chi connectivity index (χ0v) is 9.14. The summed E-state index contributed by atoms with van der Waals surface area (Å²) in [5.74, 6) is 1.01. The van der Waals surface area contributed by atoms with E-state index in [0.717, 1.165) is 18.6 Å². The summed E-state index contributed by atoms with van der Waals surface area (Å²) in [5.41, 5.74) is 0.0563. The average molecular weight is 216 g/mol. The van der Waals surface area contributed by atoms with Crippen molar-refractivity contribution in [2.45, 2.75) is 24.4 Å². The second-order valence-electron chi connectivity index (χ2n) is 4.26. The lowest BCUT2D eigenvalue weighted by Crippen LogP contribution is -2.61. The third-order valence-electron chi connectivity index (χ3n) is 3.11. The number of piperazine rings is 1. The van der Waals surface area contributed by atoms with Crippen molar-refractivity contribution in [2.24, 2.45) is 0 Å². The number of carbonyl (C=O) groups is 1. The molecule has 0 aliphatic carbocycles. The molecule has 0 unspecified atom stereocenters. The number of hydrogen-bond donors (Lipinski definition) is 2. The van der Waals surface area contributed by atoms with E-state index in [4.69, 9.17) is 5.11 Å². The van der Waals surface area contributed by atoms with Crippen LogP contribution >= 0.6 is 11.8 Å². The lowest BCUT2D eigenvalue weighted by atomic mass is 10.00. The van der Waals surface area contributed by atoms with Gasteiger partial charge in [-0.2, -0.15) is 11.8 Å². The molecule has 2 heterocycles. The lowest BCUT2D eigenvalue weighted by Gasteiger charge is -2.39. The maximum absolute atomic E-state index is 10.9. The monoisotopic (exact) mass is 216 g/mol. The molecule has 0 saturated carbocycles. The Morgan fingerprint density at radius 1 is 1.79 bits per heavy atom. The highest BCUT2D eigenvalue weighted by Gasteiger charge is 2.45. The molecule has 0 aromatic carbocycles. The molecule has 2 bridgehead atoms. The van der Waals surface area contributed by atoms with E-state index in [1.807, 2.05) is 0 Å². The second-order valence-corrected chi connectivity index (χ2v) is 5.12. The van der Waals surface area contributed by atoms with Crippen LogP contribution in [-0.2, 0) is 0 Å². The van der Waals surface area contributed by atoms with E-state index in [1.54, 1.807) is 16.7 Å². The second kappa shape index (κ2) is 3.62. The summed E-state index contributed by atoms with van der Waals surface area (Å²) in [6, 6.07) is 0.381. The summed E-state index contributed by atoms with van der Waals surface area (Å²) in [7, 11) is 0. The molecule has 2 atom stereocenters. The van der Waals surface area contributed by atoms with Crippen molar-refractivity contribution in [1.29, 1.82) is 0 Å². The zero-order valence-electron chi connectivity index (χ0n) is 8.32. The summed E-state index contributed by atoms with van der Waals surface area (Å²) in [5, 5.41) is 12.5. The maximum atomic E-state index is 10.9. The first-order valence-corrected chi connectivity index (χ1v) is 6.29. The molecule has 2 rings (SSSR count). The van der Waals surface area contributed by atoms with Crippen LogP contribution in [0.15, 0.2) is 0 Å². The Kier molecular flexibility index (Phi) is 2.62. The summed E-state index contributed by atoms with van der Waals surface area (Å²) in [6.45, 7) is 1.31. The Labute approximate surface area is 88.0 Å². The highest BCUT2D eigenvalue weighted by atomic mass is 32.2. The number of nitrogens with one attached hydrogen (secondary N) is 1. The van der Waals surface area contributed by atoms with Crippen molar-refractivity contribution in [3.63, 3.8) is 0 Å². The third kappa shape index (κ3) is 1.70. The quantitative estimate of drug-likeness (QED) is 0.718. The number of nitrogens with zero attached hydrogens (tertiary/aromatic N) is 1. The number of thioether (sulfide) groups is 1. The molecule has 2 aliphatic heterocycles. The third-order valence-corrected chi connectivity index (χ3v) is 3.95. The van der Waals surface area contributed by atoms with Crippen LogP contribution in [0.2, 0.25) is 0 Å². The van der Waals surface area contributed by atoms with Crippen LogP contribution in [0.1, 0.15) is 12.8 Å². The predicted octanol–water partition coefficient (Wildman–Crippen LogP) is 0.834. The van der Waals surface area contributed by atoms with Crippen LogP contribution in [0, 0.1) is 0 Å². The Hall–Kier alpha value is -0.420. The molecule has 2 saturated heterocycles. The highest BCUT2D eigenvalue weighted by Crippen LogP contribution is 2.31. The first-order chi connectivity index (χ1) is 6.65. The predicted molar refractivity (Wildman–Crippen MR) is 56.9 cm³/mol. The Morgan fingerprint density at radius 2 is 2.57 bits per heavy atom. The summed E-state index contributed by atoms with van der Waals surface area (Å²) < 4.78 is 0. The molecule has 0 radical (unpaired) electrons. The van der Waals surface area contributed by atoms with Crippen molar-refractivity contribution >= 4 is 17.9 Å². The fourth-order valence-electron chi connectivity index (χ4n) is 2.57. The molecule has 2 aliphatic rings. The number of amides is 1. The van der Waals surface area contributed by atoms with E-state index in [2.05, 4.69) is 11.6 Å². The van der Waals surface area contributed by atoms with Crippen LogP contribution in [-0.4, -0.2) is 52.8 Å². The Morgan fingerprint density at radius 3 is 3.21 bits per heavy atom. The minimum absolute atomic E-state index is 0.0563. The first-order valence-electron chi connectivity index (χ1n) is 4.90. The Bertz CT molecular complexity index is 245. The van der Waals surface area contributed by atoms with Gasteiger partial charge in [-0.15, -0.1) is 0 Å². The van der Waals surface area contributed by atoms with E-state index in [-0.39, 0.29) is 5.54 Å². The molecule has 2 fully saturated rings. The first kappa shape index (κ1) is 10.1. The van der Waals surface area contributed by atoms with Crippen LogP contribution < -0.4 is 5.32 Å². The van der Waals surface area contributed by atoms with Gasteiger partial charge in [0.1, 0.15) is 0 Å². The molecule has 1 amide bonds. The molecule has 0 aromatic heterocycles. The van der Waals surface area contributed by atoms with Crippen LogP contribution in [0.3, 0.4) is 0 Å². The normalized spacial score (nSPS) is 36.1. The standard InChI is InChI=1S/C9H16N2O2S/c1-14-6-9-3-2-7(10-9)4-11(5-9)8(12)13/h7,10H,2-6H2,1H3,(H,12,13)/t7-,9+/m0/s1. The minimum Gasteiger partial charge on any atom is -0.465 e. The van der Waals surface area contributed by atoms with Gasteiger partial charge in [-0.05, 0) is 19.1 Å². The molecule has 5 heteroatoms. The number of fused-ring (bicyclic) bond motifs is 2. The topological polar surface area (TPSA) is 52.6 Å². The van der Waals surface area contributed by atoms with E-state index in [1.165, 1.54) is 0 Å². The Balaban J connectivity index is 2.08. The van der Waals surface area contributed by atoms with Crippen LogP contribution in [0.25, 0.3) is 0 Å². The van der Waals surface area contributed by atoms with Crippen molar-refractivity contribution in [1.82, 2.24) is 10.2 Å². The largest absolute Gasteiger partial charge is 0.465 e. The van der Waals surface area contributed by atoms with Gasteiger partial charge in [0.2, 0.25) is 0 Å². The molecule has 2 N–H and O–H groups in total. The van der Waals surface area contributed by atoms with Crippen LogP contribution in [0.5, 0.6) is 0 Å². The number of hydrogen-bond acceptors (Lipinski definition) is 3. The van der Waals surface area contributed by atoms with E-state index in [0.29, 0.717) is 19.1 Å². The number of carboxylic acid groups (broad SMARTS) is 1. The number of rotatable bonds is 2. The molecular formula is C9H16N2O2S. The summed E-state index contributed by atoms with van der Waals surface area (Å²) >= 11 is 1.79. The SMILES string of the molecule is CSC[C@@]12CC[C@@H](CN(C(=O)O)C1)N2. The van der Waals surface area contributed by atoms with Gasteiger partial charge in [0.15, 0.2) is 0 Å². The molecule has 4 nitrogen and oxygen atoms in total. The van der Waals surface area contributed by atoms with Gasteiger partial charge in [0.05, 0.1) is 0 Å². The lowest BCUT2D eigenvalue weighted by molar-refractivity contribution is 0.111. The molecule has 0 spiro atoms. The molecule has 0 aromatic rings. The van der Waals surface area contributed by atoms with Gasteiger partial charge in [-0.3, -0.25) is 0 Å². The zero-order chi connectivity index (χ0) is 10.2. The average Bonchev–Trinajstić information content (AvgIpc) is 2.42. The van der Waals surface area contributed by atoms with Gasteiger partial charge in [0.25, 0.3) is 0 Å². The fourth-order valence-corrected chi connectivity index (χ4v) is 3.44. The van der Waals surface area contributed by atoms with Gasteiger partial charge in [-0.25, -0.2) is 4.79 Å². The smallest absolute Gasteiger partial charge is 0.407 e. The summed E-state index contributed by atoms with van der Waals surface area (Å²) in [4.78, 5) is 12.5. The van der Waals surface area contributed by atoms with Crippen molar-refractivity contribution in [3.8, 4) is 0 Å². The summed E-state index contributed by atoms with van der Waals surface area (Å²) in [6.07, 6.45) is 3.53. The van der Waals surface area contributed by atoms with Gasteiger partial charge in [0, 0.05) is 30.4 Å². The van der Waals surface area contributed by atoms with Crippen molar-refractivity contribution in [3.05, 3.63) is 0 Å². The fraction of sp³-hybridized carbons (Fsp3) is 0.889.